The van der Waals surface area contributed by atoms with Crippen LogP contribution in [0.25, 0.3) is 0 Å². The summed E-state index contributed by atoms with van der Waals surface area (Å²) >= 11 is 1.38. The van der Waals surface area contributed by atoms with Gasteiger partial charge in [0.15, 0.2) is 5.78 Å². The lowest BCUT2D eigenvalue weighted by molar-refractivity contribution is 0.0494. The van der Waals surface area contributed by atoms with Crippen molar-refractivity contribution in [3.05, 3.63) is 52.2 Å². The van der Waals surface area contributed by atoms with E-state index in [2.05, 4.69) is 0 Å². The SMILES string of the molecule is CN(C)S(=O)(=O)c1cccc(C(=O)OCCCC(=O)c2cccs2)c1. The van der Waals surface area contributed by atoms with Gasteiger partial charge in [-0.15, -0.1) is 11.3 Å². The first-order chi connectivity index (χ1) is 11.8. The molecular weight excluding hydrogens is 362 g/mol. The smallest absolute Gasteiger partial charge is 0.338 e. The fraction of sp³-hybridized carbons (Fsp3) is 0.294. The standard InChI is InChI=1S/C17H19NO5S2/c1-18(2)25(21,22)14-7-3-6-13(12-14)17(20)23-10-4-8-15(19)16-9-5-11-24-16/h3,5-7,9,11-12H,4,8,10H2,1-2H3. The van der Waals surface area contributed by atoms with Gasteiger partial charge >= 0.3 is 5.97 Å². The number of nitrogens with zero attached hydrogens (tertiary/aromatic N) is 1. The van der Waals surface area contributed by atoms with Gasteiger partial charge in [-0.25, -0.2) is 17.5 Å². The van der Waals surface area contributed by atoms with E-state index >= 15 is 0 Å². The van der Waals surface area contributed by atoms with Crippen molar-refractivity contribution in [2.45, 2.75) is 17.7 Å². The zero-order chi connectivity index (χ0) is 18.4. The molecular formula is C17H19NO5S2. The van der Waals surface area contributed by atoms with E-state index < -0.39 is 16.0 Å². The van der Waals surface area contributed by atoms with Crippen molar-refractivity contribution >= 4 is 33.1 Å². The highest BCUT2D eigenvalue weighted by Gasteiger charge is 2.19. The molecule has 0 atom stereocenters. The molecule has 0 spiro atoms. The van der Waals surface area contributed by atoms with Gasteiger partial charge in [0.1, 0.15) is 0 Å². The molecule has 1 aromatic carbocycles. The predicted molar refractivity (Wildman–Crippen MR) is 95.5 cm³/mol. The van der Waals surface area contributed by atoms with E-state index in [0.29, 0.717) is 17.7 Å². The van der Waals surface area contributed by atoms with Gasteiger partial charge < -0.3 is 4.74 Å². The van der Waals surface area contributed by atoms with Crippen LogP contribution >= 0.6 is 11.3 Å². The van der Waals surface area contributed by atoms with Gasteiger partial charge in [0.2, 0.25) is 10.0 Å². The number of rotatable bonds is 8. The number of Topliss-reactive ketones (excluding diaryl/α,β-unsaturated/α-hetero) is 1. The van der Waals surface area contributed by atoms with Crippen LogP contribution in [0.1, 0.15) is 32.9 Å². The number of hydrogen-bond donors (Lipinski definition) is 0. The molecule has 1 aromatic heterocycles. The quantitative estimate of drug-likeness (QED) is 0.399. The summed E-state index contributed by atoms with van der Waals surface area (Å²) in [7, 11) is -0.769. The zero-order valence-electron chi connectivity index (χ0n) is 14.0. The number of ether oxygens (including phenoxy) is 1. The van der Waals surface area contributed by atoms with Crippen molar-refractivity contribution in [2.24, 2.45) is 0 Å². The minimum Gasteiger partial charge on any atom is -0.462 e. The number of benzene rings is 1. The summed E-state index contributed by atoms with van der Waals surface area (Å²) in [4.78, 5) is 24.6. The second-order valence-corrected chi connectivity index (χ2v) is 8.55. The minimum atomic E-state index is -3.61. The number of sulfonamides is 1. The second kappa shape index (κ2) is 8.37. The summed E-state index contributed by atoms with van der Waals surface area (Å²) in [5, 5.41) is 1.84. The lowest BCUT2D eigenvalue weighted by Gasteiger charge is -2.12. The van der Waals surface area contributed by atoms with Crippen LogP contribution in [0.15, 0.2) is 46.7 Å². The monoisotopic (exact) mass is 381 g/mol. The molecule has 25 heavy (non-hydrogen) atoms. The van der Waals surface area contributed by atoms with Crippen LogP contribution in [0.2, 0.25) is 0 Å². The first-order valence-electron chi connectivity index (χ1n) is 7.59. The summed E-state index contributed by atoms with van der Waals surface area (Å²) in [5.74, 6) is -0.593. The first kappa shape index (κ1) is 19.3. The molecule has 2 aromatic rings. The van der Waals surface area contributed by atoms with E-state index in [9.17, 15) is 18.0 Å². The summed E-state index contributed by atoms with van der Waals surface area (Å²) in [5.41, 5.74) is 0.160. The molecule has 0 radical (unpaired) electrons. The van der Waals surface area contributed by atoms with Crippen LogP contribution in [0.4, 0.5) is 0 Å². The van der Waals surface area contributed by atoms with E-state index in [1.165, 1.54) is 49.7 Å². The van der Waals surface area contributed by atoms with Crippen LogP contribution in [0, 0.1) is 0 Å². The van der Waals surface area contributed by atoms with Crippen molar-refractivity contribution in [2.75, 3.05) is 20.7 Å². The molecule has 0 N–H and O–H groups in total. The molecule has 0 bridgehead atoms. The molecule has 8 heteroatoms. The zero-order valence-corrected chi connectivity index (χ0v) is 15.6. The highest BCUT2D eigenvalue weighted by molar-refractivity contribution is 7.89. The van der Waals surface area contributed by atoms with Gasteiger partial charge in [-0.05, 0) is 36.1 Å². The van der Waals surface area contributed by atoms with Crippen molar-refractivity contribution in [3.63, 3.8) is 0 Å². The maximum atomic E-state index is 12.1. The van der Waals surface area contributed by atoms with Gasteiger partial charge in [-0.3, -0.25) is 4.79 Å². The summed E-state index contributed by atoms with van der Waals surface area (Å²) in [6, 6.07) is 9.27. The maximum absolute atomic E-state index is 12.1. The fourth-order valence-electron chi connectivity index (χ4n) is 2.04. The molecule has 0 unspecified atom stereocenters. The van der Waals surface area contributed by atoms with E-state index in [4.69, 9.17) is 4.74 Å². The van der Waals surface area contributed by atoms with Crippen LogP contribution in [0.5, 0.6) is 0 Å². The highest BCUT2D eigenvalue weighted by Crippen LogP contribution is 2.16. The third-order valence-corrected chi connectivity index (χ3v) is 6.15. The molecule has 134 valence electrons. The fourth-order valence-corrected chi connectivity index (χ4v) is 3.68. The van der Waals surface area contributed by atoms with Crippen molar-refractivity contribution < 1.29 is 22.7 Å². The van der Waals surface area contributed by atoms with E-state index in [-0.39, 0.29) is 22.8 Å². The molecule has 0 aliphatic rings. The second-order valence-electron chi connectivity index (χ2n) is 5.46. The van der Waals surface area contributed by atoms with Crippen LogP contribution in [-0.2, 0) is 14.8 Å². The predicted octanol–water partition coefficient (Wildman–Crippen LogP) is 2.82. The van der Waals surface area contributed by atoms with Crippen LogP contribution in [0.3, 0.4) is 0 Å². The van der Waals surface area contributed by atoms with Gasteiger partial charge in [-0.1, -0.05) is 12.1 Å². The number of ketones is 1. The summed E-state index contributed by atoms with van der Waals surface area (Å²) in [6.45, 7) is 0.0978. The van der Waals surface area contributed by atoms with E-state index in [1.807, 2.05) is 11.4 Å². The van der Waals surface area contributed by atoms with Crippen molar-refractivity contribution in [3.8, 4) is 0 Å². The molecule has 0 fully saturated rings. The largest absolute Gasteiger partial charge is 0.462 e. The van der Waals surface area contributed by atoms with E-state index in [1.54, 1.807) is 6.07 Å². The number of carbonyl (C=O) groups excluding carboxylic acids is 2. The Kier molecular flexibility index (Phi) is 6.46. The molecule has 6 nitrogen and oxygen atoms in total. The minimum absolute atomic E-state index is 0.0186. The van der Waals surface area contributed by atoms with Crippen molar-refractivity contribution in [1.29, 1.82) is 0 Å². The Bertz CT molecular complexity index is 842. The topological polar surface area (TPSA) is 80.8 Å². The van der Waals surface area contributed by atoms with Gasteiger partial charge in [-0.2, -0.15) is 0 Å². The molecule has 0 aliphatic heterocycles. The Labute approximate surface area is 151 Å². The molecule has 0 amide bonds. The van der Waals surface area contributed by atoms with Gasteiger partial charge in [0.25, 0.3) is 0 Å². The van der Waals surface area contributed by atoms with Gasteiger partial charge in [0.05, 0.1) is 21.9 Å². The number of hydrogen-bond acceptors (Lipinski definition) is 6. The third kappa shape index (κ3) is 4.97. The average Bonchev–Trinajstić information content (AvgIpc) is 3.13. The molecule has 1 heterocycles. The van der Waals surface area contributed by atoms with Crippen LogP contribution in [-0.4, -0.2) is 45.2 Å². The molecule has 0 saturated heterocycles. The lowest BCUT2D eigenvalue weighted by Crippen LogP contribution is -2.22. The number of thiophene rings is 1. The Balaban J connectivity index is 1.90. The Morgan fingerprint density at radius 2 is 1.92 bits per heavy atom. The Hall–Kier alpha value is -2.03. The summed E-state index contributed by atoms with van der Waals surface area (Å²) in [6.07, 6.45) is 0.709. The number of carbonyl (C=O) groups is 2. The normalized spacial score (nSPS) is 11.5. The third-order valence-electron chi connectivity index (χ3n) is 3.43. The van der Waals surface area contributed by atoms with E-state index in [0.717, 1.165) is 4.31 Å². The molecule has 2 rings (SSSR count). The number of esters is 1. The Morgan fingerprint density at radius 3 is 2.56 bits per heavy atom. The maximum Gasteiger partial charge on any atom is 0.338 e. The van der Waals surface area contributed by atoms with Crippen LogP contribution < -0.4 is 0 Å². The van der Waals surface area contributed by atoms with Crippen molar-refractivity contribution in [1.82, 2.24) is 4.31 Å². The highest BCUT2D eigenvalue weighted by atomic mass is 32.2. The first-order valence-corrected chi connectivity index (χ1v) is 9.91. The Morgan fingerprint density at radius 1 is 1.16 bits per heavy atom. The summed E-state index contributed by atoms with van der Waals surface area (Å²) < 4.78 is 30.4. The average molecular weight is 381 g/mol. The molecule has 0 aliphatic carbocycles. The van der Waals surface area contributed by atoms with Gasteiger partial charge in [0, 0.05) is 20.5 Å². The molecule has 0 saturated carbocycles. The lowest BCUT2D eigenvalue weighted by atomic mass is 10.2.